The number of nitrogens with two attached hydrogens (primary N) is 1. The molecule has 1 atom stereocenters. The third-order valence-electron chi connectivity index (χ3n) is 10.7. The van der Waals surface area contributed by atoms with Gasteiger partial charge in [0.15, 0.2) is 5.82 Å². The van der Waals surface area contributed by atoms with Crippen molar-refractivity contribution in [3.05, 3.63) is 47.5 Å². The lowest BCUT2D eigenvalue weighted by Crippen LogP contribution is -2.42. The molecule has 1 saturated carbocycles. The van der Waals surface area contributed by atoms with Crippen molar-refractivity contribution in [3.8, 4) is 17.3 Å². The summed E-state index contributed by atoms with van der Waals surface area (Å²) in [6, 6.07) is 12.7. The van der Waals surface area contributed by atoms with E-state index < -0.39 is 0 Å². The highest BCUT2D eigenvalue weighted by Crippen LogP contribution is 2.41. The number of nitrogens with zero attached hydrogens (tertiary/aromatic N) is 5. The monoisotopic (exact) mass is 654 g/mol. The van der Waals surface area contributed by atoms with Crippen LogP contribution in [0.2, 0.25) is 0 Å². The van der Waals surface area contributed by atoms with Gasteiger partial charge in [-0.3, -0.25) is 9.59 Å². The number of rotatable bonds is 10. The minimum atomic E-state index is 0.00763. The SMILES string of the molecule is COc1cc(C(=O)N2CCC[C@@H](CN)C2)cc2nc(-c3cc4cccc(C5CCN(C(=O)COC(C)C)CC5)c4n3CC3CC3)n(C)c12. The molecule has 0 unspecified atom stereocenters. The van der Waals surface area contributed by atoms with Gasteiger partial charge in [-0.2, -0.15) is 0 Å². The number of carbonyl (C=O) groups excluding carboxylic acids is 2. The zero-order valence-corrected chi connectivity index (χ0v) is 28.9. The maximum Gasteiger partial charge on any atom is 0.254 e. The molecule has 4 heterocycles. The second kappa shape index (κ2) is 13.6. The lowest BCUT2D eigenvalue weighted by molar-refractivity contribution is -0.138. The number of benzene rings is 2. The van der Waals surface area contributed by atoms with E-state index in [1.54, 1.807) is 7.11 Å². The van der Waals surface area contributed by atoms with Gasteiger partial charge in [0, 0.05) is 50.7 Å². The van der Waals surface area contributed by atoms with E-state index in [-0.39, 0.29) is 24.5 Å². The van der Waals surface area contributed by atoms with Crippen LogP contribution in [0.15, 0.2) is 36.4 Å². The van der Waals surface area contributed by atoms with Gasteiger partial charge in [0.25, 0.3) is 5.91 Å². The molecule has 0 radical (unpaired) electrons. The number of hydrogen-bond donors (Lipinski definition) is 1. The second-order valence-corrected chi connectivity index (χ2v) is 14.4. The van der Waals surface area contributed by atoms with Crippen molar-refractivity contribution >= 4 is 33.8 Å². The molecule has 7 rings (SSSR count). The Bertz CT molecular complexity index is 1810. The standard InChI is InChI=1S/C38H50N6O4/c1-24(2)48-23-34(45)42-15-12-27(13-16-42)30-9-5-8-28-18-32(44(35(28)30)22-25-10-11-25)37-40-31-17-29(19-33(47-4)36(31)41(37)3)38(46)43-14-6-7-26(20-39)21-43/h5,8-9,17-19,24-27H,6-7,10-16,20-23,39H2,1-4H3/t26-/m0/s1. The smallest absolute Gasteiger partial charge is 0.254 e. The minimum absolute atomic E-state index is 0.00763. The summed E-state index contributed by atoms with van der Waals surface area (Å²) in [5, 5.41) is 1.21. The number of methoxy groups -OCH3 is 1. The van der Waals surface area contributed by atoms with Gasteiger partial charge in [-0.1, -0.05) is 18.2 Å². The van der Waals surface area contributed by atoms with Crippen molar-refractivity contribution in [1.29, 1.82) is 0 Å². The van der Waals surface area contributed by atoms with Crippen LogP contribution in [0, 0.1) is 11.8 Å². The molecule has 2 saturated heterocycles. The van der Waals surface area contributed by atoms with E-state index in [1.165, 1.54) is 29.3 Å². The summed E-state index contributed by atoms with van der Waals surface area (Å²) in [7, 11) is 3.70. The Morgan fingerprint density at radius 1 is 0.979 bits per heavy atom. The van der Waals surface area contributed by atoms with E-state index in [1.807, 2.05) is 42.8 Å². The Balaban J connectivity index is 1.24. The van der Waals surface area contributed by atoms with E-state index in [0.29, 0.717) is 42.2 Å². The molecule has 48 heavy (non-hydrogen) atoms. The van der Waals surface area contributed by atoms with Crippen LogP contribution in [0.1, 0.15) is 74.2 Å². The molecule has 10 nitrogen and oxygen atoms in total. The van der Waals surface area contributed by atoms with Crippen LogP contribution >= 0.6 is 0 Å². The van der Waals surface area contributed by atoms with Crippen molar-refractivity contribution in [1.82, 2.24) is 23.9 Å². The average Bonchev–Trinajstić information content (AvgIpc) is 3.78. The van der Waals surface area contributed by atoms with Crippen LogP contribution in [0.25, 0.3) is 33.5 Å². The van der Waals surface area contributed by atoms with Crippen LogP contribution in [0.5, 0.6) is 5.75 Å². The van der Waals surface area contributed by atoms with E-state index >= 15 is 0 Å². The molecular weight excluding hydrogens is 604 g/mol. The molecule has 3 fully saturated rings. The zero-order valence-electron chi connectivity index (χ0n) is 28.9. The molecule has 3 aliphatic rings. The third-order valence-corrected chi connectivity index (χ3v) is 10.7. The molecule has 2 aromatic heterocycles. The molecule has 0 spiro atoms. The van der Waals surface area contributed by atoms with Crippen LogP contribution in [0.4, 0.5) is 0 Å². The summed E-state index contributed by atoms with van der Waals surface area (Å²) in [6.45, 7) is 8.53. The van der Waals surface area contributed by atoms with Gasteiger partial charge in [0.1, 0.15) is 17.9 Å². The number of aryl methyl sites for hydroxylation is 1. The third kappa shape index (κ3) is 6.32. The molecular formula is C38H50N6O4. The molecule has 2 aliphatic heterocycles. The van der Waals surface area contributed by atoms with E-state index in [4.69, 9.17) is 20.2 Å². The molecule has 10 heteroatoms. The van der Waals surface area contributed by atoms with E-state index in [9.17, 15) is 9.59 Å². The predicted molar refractivity (Wildman–Crippen MR) is 188 cm³/mol. The fourth-order valence-electron chi connectivity index (χ4n) is 7.83. The van der Waals surface area contributed by atoms with Gasteiger partial charge in [-0.25, -0.2) is 4.98 Å². The van der Waals surface area contributed by atoms with Crippen molar-refractivity contribution in [2.75, 3.05) is 46.4 Å². The lowest BCUT2D eigenvalue weighted by atomic mass is 9.88. The molecule has 4 aromatic rings. The van der Waals surface area contributed by atoms with Crippen LogP contribution in [-0.2, 0) is 23.1 Å². The van der Waals surface area contributed by atoms with Crippen molar-refractivity contribution in [2.45, 2.75) is 70.9 Å². The molecule has 2 N–H and O–H groups in total. The number of para-hydroxylation sites is 1. The highest BCUT2D eigenvalue weighted by molar-refractivity contribution is 6.00. The summed E-state index contributed by atoms with van der Waals surface area (Å²) in [6.07, 6.45) is 6.42. The van der Waals surface area contributed by atoms with Crippen LogP contribution in [0.3, 0.4) is 0 Å². The first-order chi connectivity index (χ1) is 23.2. The fourth-order valence-corrected chi connectivity index (χ4v) is 7.83. The van der Waals surface area contributed by atoms with Crippen molar-refractivity contribution in [3.63, 3.8) is 0 Å². The summed E-state index contributed by atoms with van der Waals surface area (Å²) >= 11 is 0. The normalized spacial score (nSPS) is 19.2. The number of likely N-dealkylation sites (tertiary alicyclic amines) is 2. The molecule has 2 aromatic carbocycles. The first-order valence-corrected chi connectivity index (χ1v) is 17.8. The lowest BCUT2D eigenvalue weighted by Gasteiger charge is -2.33. The minimum Gasteiger partial charge on any atom is -0.494 e. The number of hydrogen-bond acceptors (Lipinski definition) is 6. The molecule has 1 aliphatic carbocycles. The Hall–Kier alpha value is -3.89. The number of carbonyl (C=O) groups is 2. The van der Waals surface area contributed by atoms with Gasteiger partial charge in [-0.15, -0.1) is 0 Å². The summed E-state index contributed by atoms with van der Waals surface area (Å²) in [4.78, 5) is 35.6. The number of ether oxygens (including phenoxy) is 2. The summed E-state index contributed by atoms with van der Waals surface area (Å²) < 4.78 is 16.1. The van der Waals surface area contributed by atoms with Gasteiger partial charge in [0.05, 0.1) is 29.9 Å². The van der Waals surface area contributed by atoms with E-state index in [2.05, 4.69) is 33.4 Å². The van der Waals surface area contributed by atoms with Gasteiger partial charge in [0.2, 0.25) is 5.91 Å². The Morgan fingerprint density at radius 2 is 1.77 bits per heavy atom. The maximum atomic E-state index is 13.7. The first-order valence-electron chi connectivity index (χ1n) is 17.8. The molecule has 256 valence electrons. The van der Waals surface area contributed by atoms with Crippen molar-refractivity contribution in [2.24, 2.45) is 24.6 Å². The molecule has 2 amide bonds. The predicted octanol–water partition coefficient (Wildman–Crippen LogP) is 5.56. The van der Waals surface area contributed by atoms with Gasteiger partial charge < -0.3 is 34.1 Å². The number of fused-ring (bicyclic) bond motifs is 2. The highest BCUT2D eigenvalue weighted by atomic mass is 16.5. The second-order valence-electron chi connectivity index (χ2n) is 14.4. The van der Waals surface area contributed by atoms with Crippen LogP contribution < -0.4 is 10.5 Å². The average molecular weight is 655 g/mol. The van der Waals surface area contributed by atoms with E-state index in [0.717, 1.165) is 74.4 Å². The Kier molecular flexibility index (Phi) is 9.22. The number of piperidine rings is 2. The number of aromatic nitrogens is 3. The summed E-state index contributed by atoms with van der Waals surface area (Å²) in [5.74, 6) is 2.96. The number of amides is 2. The summed E-state index contributed by atoms with van der Waals surface area (Å²) in [5.41, 5.74) is 11.9. The number of imidazole rings is 1. The largest absolute Gasteiger partial charge is 0.494 e. The Labute approximate surface area is 283 Å². The fraction of sp³-hybridized carbons (Fsp3) is 0.553. The highest BCUT2D eigenvalue weighted by Gasteiger charge is 2.31. The topological polar surface area (TPSA) is 108 Å². The first kappa shape index (κ1) is 32.6. The zero-order chi connectivity index (χ0) is 33.5. The van der Waals surface area contributed by atoms with Crippen LogP contribution in [-0.4, -0.2) is 88.3 Å². The quantitative estimate of drug-likeness (QED) is 0.240. The Morgan fingerprint density at radius 3 is 2.48 bits per heavy atom. The van der Waals surface area contributed by atoms with Gasteiger partial charge >= 0.3 is 0 Å². The van der Waals surface area contributed by atoms with Crippen molar-refractivity contribution < 1.29 is 19.1 Å². The molecule has 0 bridgehead atoms. The maximum absolute atomic E-state index is 13.7. The van der Waals surface area contributed by atoms with Gasteiger partial charge in [-0.05, 0) is 100 Å².